The van der Waals surface area contributed by atoms with Gasteiger partial charge in [0.2, 0.25) is 5.91 Å². The van der Waals surface area contributed by atoms with Crippen LogP contribution in [-0.4, -0.2) is 31.0 Å². The molecule has 0 spiro atoms. The van der Waals surface area contributed by atoms with E-state index in [1.165, 1.54) is 12.1 Å². The lowest BCUT2D eigenvalue weighted by Gasteiger charge is -2.32. The van der Waals surface area contributed by atoms with Crippen molar-refractivity contribution in [2.45, 2.75) is 76.6 Å². The van der Waals surface area contributed by atoms with Gasteiger partial charge in [0, 0.05) is 29.9 Å². The molecule has 10 heteroatoms. The van der Waals surface area contributed by atoms with Crippen LogP contribution >= 0.6 is 0 Å². The second-order valence-corrected chi connectivity index (χ2v) is 15.3. The molecule has 0 saturated carbocycles. The monoisotopic (exact) mass is 822 g/mol. The molecule has 0 fully saturated rings. The SMILES string of the molecule is C=C(CCC(=O)c1ccccc1-c1ccc(C(F)(F)F)cc1)c1cccc(N(CCCCC2(C(=O)NCC(F)(F)F)c3ccccc3-c3ccccc32)C(=C)CCC)c1C. The van der Waals surface area contributed by atoms with Crippen LogP contribution < -0.4 is 10.2 Å². The number of hydrogen-bond acceptors (Lipinski definition) is 3. The second-order valence-electron chi connectivity index (χ2n) is 15.3. The van der Waals surface area contributed by atoms with Gasteiger partial charge in [0.15, 0.2) is 5.78 Å². The number of alkyl halides is 6. The normalized spacial score (nSPS) is 13.0. The molecule has 6 rings (SSSR count). The van der Waals surface area contributed by atoms with Crippen molar-refractivity contribution >= 4 is 23.0 Å². The number of benzene rings is 5. The van der Waals surface area contributed by atoms with Crippen LogP contribution in [0.4, 0.5) is 32.0 Å². The summed E-state index contributed by atoms with van der Waals surface area (Å²) in [5, 5.41) is 2.21. The first-order valence-electron chi connectivity index (χ1n) is 20.1. The standard InChI is InChI=1S/C50H48F6N2O2/c1-5-15-34(3)58(31-13-12-30-48(47(60)57-32-49(51,52)53)43-21-10-8-17-40(43)41-18-9-11-22-44(41)48)45-23-14-20-38(35(45)4)33(2)24-29-46(59)42-19-7-6-16-39(42)36-25-27-37(28-26-36)50(54,55)56/h6-11,14,16-23,25-28H,2-3,5,12-13,15,24,29-32H2,1,4H3,(H,57,60). The number of nitrogens with one attached hydrogen (secondary N) is 1. The Morgan fingerprint density at radius 3 is 1.87 bits per heavy atom. The predicted molar refractivity (Wildman–Crippen MR) is 228 cm³/mol. The predicted octanol–water partition coefficient (Wildman–Crippen LogP) is 13.3. The fourth-order valence-corrected chi connectivity index (χ4v) is 8.47. The van der Waals surface area contributed by atoms with Crippen molar-refractivity contribution in [2.75, 3.05) is 18.0 Å². The number of anilines is 1. The molecule has 1 aliphatic rings. The molecule has 1 aliphatic carbocycles. The summed E-state index contributed by atoms with van der Waals surface area (Å²) in [5.74, 6) is -0.830. The average molecular weight is 823 g/mol. The van der Waals surface area contributed by atoms with E-state index in [1.807, 2.05) is 73.7 Å². The van der Waals surface area contributed by atoms with Crippen molar-refractivity contribution < 1.29 is 35.9 Å². The molecular formula is C50H48F6N2O2. The molecule has 5 aromatic carbocycles. The maximum Gasteiger partial charge on any atom is 0.416 e. The van der Waals surface area contributed by atoms with Crippen LogP contribution in [0.25, 0.3) is 27.8 Å². The topological polar surface area (TPSA) is 49.4 Å². The lowest BCUT2D eigenvalue weighted by atomic mass is 9.73. The summed E-state index contributed by atoms with van der Waals surface area (Å²) in [4.78, 5) is 29.8. The number of fused-ring (bicyclic) bond motifs is 3. The number of unbranched alkanes of at least 4 members (excludes halogenated alkanes) is 1. The van der Waals surface area contributed by atoms with Gasteiger partial charge in [-0.05, 0) is 107 Å². The average Bonchev–Trinajstić information content (AvgIpc) is 3.52. The molecule has 5 aromatic rings. The van der Waals surface area contributed by atoms with Crippen molar-refractivity contribution in [1.29, 1.82) is 0 Å². The van der Waals surface area contributed by atoms with E-state index < -0.39 is 35.8 Å². The molecule has 0 aliphatic heterocycles. The molecule has 0 bridgehead atoms. The minimum absolute atomic E-state index is 0.136. The van der Waals surface area contributed by atoms with Gasteiger partial charge in [-0.25, -0.2) is 0 Å². The van der Waals surface area contributed by atoms with Gasteiger partial charge in [-0.1, -0.05) is 124 Å². The summed E-state index contributed by atoms with van der Waals surface area (Å²) in [6, 6.07) is 32.4. The van der Waals surface area contributed by atoms with Crippen LogP contribution in [0.15, 0.2) is 134 Å². The first-order chi connectivity index (χ1) is 28.6. The number of carbonyl (C=O) groups excluding carboxylic acids is 2. The molecule has 60 heavy (non-hydrogen) atoms. The van der Waals surface area contributed by atoms with Gasteiger partial charge in [0.05, 0.1) is 5.56 Å². The lowest BCUT2D eigenvalue weighted by molar-refractivity contribution is -0.141. The zero-order valence-electron chi connectivity index (χ0n) is 33.8. The van der Waals surface area contributed by atoms with E-state index in [-0.39, 0.29) is 12.2 Å². The fourth-order valence-electron chi connectivity index (χ4n) is 8.47. The number of halogens is 6. The maximum absolute atomic E-state index is 14.0. The van der Waals surface area contributed by atoms with Crippen molar-refractivity contribution in [3.8, 4) is 22.3 Å². The lowest BCUT2D eigenvalue weighted by Crippen LogP contribution is -2.47. The molecule has 1 amide bonds. The van der Waals surface area contributed by atoms with Gasteiger partial charge in [-0.15, -0.1) is 0 Å². The molecule has 1 N–H and O–H groups in total. The molecule has 4 nitrogen and oxygen atoms in total. The Kier molecular flexibility index (Phi) is 13.2. The quantitative estimate of drug-likeness (QED) is 0.0577. The minimum atomic E-state index is -4.56. The Bertz CT molecular complexity index is 2330. The highest BCUT2D eigenvalue weighted by Gasteiger charge is 2.49. The van der Waals surface area contributed by atoms with E-state index in [2.05, 4.69) is 30.3 Å². The van der Waals surface area contributed by atoms with Gasteiger partial charge in [0.25, 0.3) is 0 Å². The first kappa shape index (κ1) is 43.7. The molecule has 0 radical (unpaired) electrons. The number of Topliss-reactive ketones (excluding diaryl/α,β-unsaturated/α-hetero) is 1. The van der Waals surface area contributed by atoms with Crippen LogP contribution in [0.5, 0.6) is 0 Å². The van der Waals surface area contributed by atoms with E-state index in [0.717, 1.165) is 64.2 Å². The molecular weight excluding hydrogens is 775 g/mol. The van der Waals surface area contributed by atoms with Gasteiger partial charge >= 0.3 is 12.4 Å². The summed E-state index contributed by atoms with van der Waals surface area (Å²) in [6.45, 7) is 11.9. The number of ketones is 1. The number of allylic oxidation sites excluding steroid dienone is 2. The molecule has 0 atom stereocenters. The Morgan fingerprint density at radius 1 is 0.683 bits per heavy atom. The highest BCUT2D eigenvalue weighted by atomic mass is 19.4. The van der Waals surface area contributed by atoms with E-state index in [1.54, 1.807) is 24.3 Å². The highest BCUT2D eigenvalue weighted by molar-refractivity contribution is 6.03. The molecule has 0 unspecified atom stereocenters. The third-order valence-corrected chi connectivity index (χ3v) is 11.4. The number of hydrogen-bond donors (Lipinski definition) is 1. The van der Waals surface area contributed by atoms with Gasteiger partial charge in [-0.2, -0.15) is 26.3 Å². The van der Waals surface area contributed by atoms with Crippen LogP contribution in [0.1, 0.15) is 90.0 Å². The van der Waals surface area contributed by atoms with Crippen LogP contribution in [0.3, 0.4) is 0 Å². The summed E-state index contributed by atoms with van der Waals surface area (Å²) >= 11 is 0. The Morgan fingerprint density at radius 2 is 1.27 bits per heavy atom. The van der Waals surface area contributed by atoms with E-state index >= 15 is 0 Å². The first-order valence-corrected chi connectivity index (χ1v) is 20.1. The number of rotatable bonds is 17. The Labute approximate surface area is 347 Å². The molecule has 312 valence electrons. The zero-order valence-corrected chi connectivity index (χ0v) is 33.8. The number of carbonyl (C=O) groups is 2. The van der Waals surface area contributed by atoms with Gasteiger partial charge < -0.3 is 10.2 Å². The number of nitrogens with zero attached hydrogens (tertiary/aromatic N) is 1. The summed E-state index contributed by atoms with van der Waals surface area (Å²) in [5.41, 5.74) is 6.88. The third-order valence-electron chi connectivity index (χ3n) is 11.4. The maximum atomic E-state index is 14.0. The van der Waals surface area contributed by atoms with Crippen molar-refractivity contribution in [3.63, 3.8) is 0 Å². The van der Waals surface area contributed by atoms with Crippen molar-refractivity contribution in [3.05, 3.63) is 167 Å². The van der Waals surface area contributed by atoms with Crippen molar-refractivity contribution in [2.24, 2.45) is 0 Å². The summed E-state index contributed by atoms with van der Waals surface area (Å²) < 4.78 is 79.8. The van der Waals surface area contributed by atoms with Crippen molar-refractivity contribution in [1.82, 2.24) is 5.32 Å². The molecule has 0 saturated heterocycles. The van der Waals surface area contributed by atoms with Crippen LogP contribution in [0, 0.1) is 6.92 Å². The van der Waals surface area contributed by atoms with E-state index in [9.17, 15) is 35.9 Å². The van der Waals surface area contributed by atoms with Crippen LogP contribution in [-0.2, 0) is 16.4 Å². The van der Waals surface area contributed by atoms with Gasteiger partial charge in [-0.3, -0.25) is 9.59 Å². The highest BCUT2D eigenvalue weighted by Crippen LogP contribution is 2.52. The van der Waals surface area contributed by atoms with E-state index in [0.29, 0.717) is 60.0 Å². The number of amides is 1. The fraction of sp³-hybridized carbons (Fsp3) is 0.280. The largest absolute Gasteiger partial charge is 0.416 e. The zero-order chi connectivity index (χ0) is 43.2. The Hall–Kier alpha value is -5.90. The molecule has 0 aromatic heterocycles. The van der Waals surface area contributed by atoms with E-state index in [4.69, 9.17) is 0 Å². The Balaban J connectivity index is 1.19. The van der Waals surface area contributed by atoms with Gasteiger partial charge in [0.1, 0.15) is 12.0 Å². The molecule has 0 heterocycles. The second kappa shape index (κ2) is 18.2. The van der Waals surface area contributed by atoms with Crippen LogP contribution in [0.2, 0.25) is 0 Å². The smallest absolute Gasteiger partial charge is 0.346 e. The summed E-state index contributed by atoms with van der Waals surface area (Å²) in [7, 11) is 0. The summed E-state index contributed by atoms with van der Waals surface area (Å²) in [6.07, 6.45) is -5.53. The third kappa shape index (κ3) is 9.28. The minimum Gasteiger partial charge on any atom is -0.346 e.